The maximum Gasteiger partial charge on any atom is 0.411 e. The number of ether oxygens (including phenoxy) is 1. The Hall–Kier alpha value is -1.95. The largest absolute Gasteiger partial charge is 0.444 e. The highest BCUT2D eigenvalue weighted by Crippen LogP contribution is 2.23. The average molecular weight is 342 g/mol. The molecule has 2 rings (SSSR count). The Kier molecular flexibility index (Phi) is 4.68. The van der Waals surface area contributed by atoms with Gasteiger partial charge >= 0.3 is 6.09 Å². The number of hydrogen-bond acceptors (Lipinski definition) is 2. The molecule has 0 saturated heterocycles. The number of carbonyl (C=O) groups excluding carboxylic acids is 1. The highest BCUT2D eigenvalue weighted by molar-refractivity contribution is 9.10. The maximum atomic E-state index is 13.3. The van der Waals surface area contributed by atoms with Gasteiger partial charge in [0.2, 0.25) is 0 Å². The van der Waals surface area contributed by atoms with Gasteiger partial charge in [-0.05, 0) is 33.6 Å². The van der Waals surface area contributed by atoms with Gasteiger partial charge in [-0.3, -0.25) is 5.32 Å². The zero-order chi connectivity index (χ0) is 14.5. The first-order valence-corrected chi connectivity index (χ1v) is 6.48. The molecule has 2 aromatic carbocycles. The van der Waals surface area contributed by atoms with Crippen molar-refractivity contribution in [3.8, 4) is 0 Å². The molecule has 1 N–H and O–H groups in total. The molecule has 6 heteroatoms. The first kappa shape index (κ1) is 14.5. The van der Waals surface area contributed by atoms with Crippen molar-refractivity contribution in [1.29, 1.82) is 0 Å². The molecule has 0 heterocycles. The van der Waals surface area contributed by atoms with Crippen LogP contribution in [0.3, 0.4) is 0 Å². The second kappa shape index (κ2) is 6.47. The molecule has 0 spiro atoms. The molecule has 2 aromatic rings. The van der Waals surface area contributed by atoms with Crippen LogP contribution in [0, 0.1) is 11.6 Å². The van der Waals surface area contributed by atoms with Gasteiger partial charge in [-0.1, -0.05) is 30.3 Å². The van der Waals surface area contributed by atoms with E-state index in [0.717, 1.165) is 17.7 Å². The second-order valence-electron chi connectivity index (χ2n) is 3.94. The van der Waals surface area contributed by atoms with Gasteiger partial charge in [0.05, 0.1) is 4.47 Å². The molecular weight excluding hydrogens is 332 g/mol. The van der Waals surface area contributed by atoms with E-state index >= 15 is 0 Å². The summed E-state index contributed by atoms with van der Waals surface area (Å²) in [4.78, 5) is 11.5. The molecule has 0 aliphatic heterocycles. The van der Waals surface area contributed by atoms with E-state index < -0.39 is 17.7 Å². The van der Waals surface area contributed by atoms with Crippen LogP contribution in [0.15, 0.2) is 46.9 Å². The fraction of sp³-hybridized carbons (Fsp3) is 0.0714. The fourth-order valence-electron chi connectivity index (χ4n) is 1.50. The molecule has 0 aliphatic rings. The molecule has 0 aromatic heterocycles. The minimum Gasteiger partial charge on any atom is -0.444 e. The van der Waals surface area contributed by atoms with Crippen molar-refractivity contribution in [3.63, 3.8) is 0 Å². The zero-order valence-electron chi connectivity index (χ0n) is 10.2. The van der Waals surface area contributed by atoms with Crippen LogP contribution in [0.25, 0.3) is 0 Å². The van der Waals surface area contributed by atoms with E-state index in [4.69, 9.17) is 4.74 Å². The third-order valence-electron chi connectivity index (χ3n) is 2.44. The van der Waals surface area contributed by atoms with Gasteiger partial charge in [0.1, 0.15) is 18.2 Å². The molecule has 0 aliphatic carbocycles. The summed E-state index contributed by atoms with van der Waals surface area (Å²) in [5.41, 5.74) is 0.803. The smallest absolute Gasteiger partial charge is 0.411 e. The van der Waals surface area contributed by atoms with Gasteiger partial charge in [0.15, 0.2) is 0 Å². The van der Waals surface area contributed by atoms with Crippen molar-refractivity contribution in [2.45, 2.75) is 6.61 Å². The fourth-order valence-corrected chi connectivity index (χ4v) is 1.73. The first-order valence-electron chi connectivity index (χ1n) is 5.68. The number of halogens is 3. The normalized spacial score (nSPS) is 10.2. The van der Waals surface area contributed by atoms with Gasteiger partial charge in [-0.25, -0.2) is 13.6 Å². The maximum absolute atomic E-state index is 13.3. The van der Waals surface area contributed by atoms with Crippen molar-refractivity contribution >= 4 is 27.7 Å². The number of hydrogen-bond donors (Lipinski definition) is 1. The average Bonchev–Trinajstić information content (AvgIpc) is 2.43. The van der Waals surface area contributed by atoms with E-state index in [-0.39, 0.29) is 16.8 Å². The third-order valence-corrected chi connectivity index (χ3v) is 3.20. The first-order chi connectivity index (χ1) is 9.56. The molecule has 3 nitrogen and oxygen atoms in total. The van der Waals surface area contributed by atoms with Crippen LogP contribution in [-0.2, 0) is 11.3 Å². The number of anilines is 1. The van der Waals surface area contributed by atoms with Crippen LogP contribution in [0.4, 0.5) is 19.3 Å². The standard InChI is InChI=1S/C14H10BrF2NO2/c15-13-11(16)6-10(7-12(13)17)18-14(19)20-8-9-4-2-1-3-5-9/h1-7H,8H2,(H,18,19). The summed E-state index contributed by atoms with van der Waals surface area (Å²) in [5.74, 6) is -1.60. The third kappa shape index (κ3) is 3.77. The highest BCUT2D eigenvalue weighted by Gasteiger charge is 2.11. The van der Waals surface area contributed by atoms with Crippen LogP contribution < -0.4 is 5.32 Å². The van der Waals surface area contributed by atoms with Crippen LogP contribution in [0.1, 0.15) is 5.56 Å². The van der Waals surface area contributed by atoms with Crippen LogP contribution >= 0.6 is 15.9 Å². The molecule has 0 bridgehead atoms. The SMILES string of the molecule is O=C(Nc1cc(F)c(Br)c(F)c1)OCc1ccccc1. The molecule has 0 radical (unpaired) electrons. The monoisotopic (exact) mass is 341 g/mol. The summed E-state index contributed by atoms with van der Waals surface area (Å²) >= 11 is 2.75. The number of rotatable bonds is 3. The lowest BCUT2D eigenvalue weighted by Gasteiger charge is -2.08. The molecule has 0 unspecified atom stereocenters. The van der Waals surface area contributed by atoms with Crippen molar-refractivity contribution in [3.05, 3.63) is 64.1 Å². The summed E-state index contributed by atoms with van der Waals surface area (Å²) in [6, 6.07) is 11.1. The van der Waals surface area contributed by atoms with Crippen LogP contribution in [-0.4, -0.2) is 6.09 Å². The van der Waals surface area contributed by atoms with E-state index in [9.17, 15) is 13.6 Å². The highest BCUT2D eigenvalue weighted by atomic mass is 79.9. The zero-order valence-corrected chi connectivity index (χ0v) is 11.8. The van der Waals surface area contributed by atoms with Gasteiger partial charge < -0.3 is 4.74 Å². The molecule has 104 valence electrons. The molecule has 1 amide bonds. The van der Waals surface area contributed by atoms with E-state index in [0.29, 0.717) is 0 Å². The van der Waals surface area contributed by atoms with Crippen molar-refractivity contribution < 1.29 is 18.3 Å². The Morgan fingerprint density at radius 3 is 2.35 bits per heavy atom. The van der Waals surface area contributed by atoms with Gasteiger partial charge in [-0.2, -0.15) is 0 Å². The molecule has 0 atom stereocenters. The molecule has 0 saturated carbocycles. The Morgan fingerprint density at radius 1 is 1.15 bits per heavy atom. The van der Waals surface area contributed by atoms with Crippen LogP contribution in [0.5, 0.6) is 0 Å². The molecule has 0 fully saturated rings. The minimum atomic E-state index is -0.802. The quantitative estimate of drug-likeness (QED) is 0.836. The second-order valence-corrected chi connectivity index (χ2v) is 4.73. The number of nitrogens with one attached hydrogen (secondary N) is 1. The van der Waals surface area contributed by atoms with Crippen molar-refractivity contribution in [1.82, 2.24) is 0 Å². The van der Waals surface area contributed by atoms with E-state index in [1.54, 1.807) is 12.1 Å². The summed E-state index contributed by atoms with van der Waals surface area (Å²) in [5, 5.41) is 2.26. The van der Waals surface area contributed by atoms with Crippen molar-refractivity contribution in [2.24, 2.45) is 0 Å². The number of amides is 1. The minimum absolute atomic E-state index is 0.0127. The summed E-state index contributed by atoms with van der Waals surface area (Å²) in [6.07, 6.45) is -0.782. The molecular formula is C14H10BrF2NO2. The lowest BCUT2D eigenvalue weighted by atomic mass is 10.2. The topological polar surface area (TPSA) is 38.3 Å². The molecule has 20 heavy (non-hydrogen) atoms. The predicted molar refractivity (Wildman–Crippen MR) is 74.3 cm³/mol. The van der Waals surface area contributed by atoms with Gasteiger partial charge in [0.25, 0.3) is 0 Å². The number of carbonyl (C=O) groups is 1. The Labute approximate surface area is 122 Å². The van der Waals surface area contributed by atoms with Gasteiger partial charge in [-0.15, -0.1) is 0 Å². The van der Waals surface area contributed by atoms with Crippen LogP contribution in [0.2, 0.25) is 0 Å². The van der Waals surface area contributed by atoms with Gasteiger partial charge in [0, 0.05) is 5.69 Å². The van der Waals surface area contributed by atoms with E-state index in [1.807, 2.05) is 18.2 Å². The summed E-state index contributed by atoms with van der Waals surface area (Å²) in [6.45, 7) is 0.0775. The Morgan fingerprint density at radius 2 is 1.75 bits per heavy atom. The Bertz CT molecular complexity index is 597. The lowest BCUT2D eigenvalue weighted by molar-refractivity contribution is 0.155. The van der Waals surface area contributed by atoms with E-state index in [1.165, 1.54) is 0 Å². The lowest BCUT2D eigenvalue weighted by Crippen LogP contribution is -2.14. The number of benzene rings is 2. The van der Waals surface area contributed by atoms with Crippen molar-refractivity contribution in [2.75, 3.05) is 5.32 Å². The predicted octanol–water partition coefficient (Wildman–Crippen LogP) is 4.48. The summed E-state index contributed by atoms with van der Waals surface area (Å²) < 4.78 is 31.2. The Balaban J connectivity index is 1.95. The van der Waals surface area contributed by atoms with E-state index in [2.05, 4.69) is 21.2 Å². The summed E-state index contributed by atoms with van der Waals surface area (Å²) in [7, 11) is 0.